The molecule has 0 radical (unpaired) electrons. The second-order valence-electron chi connectivity index (χ2n) is 6.62. The summed E-state index contributed by atoms with van der Waals surface area (Å²) in [4.78, 5) is 13.2. The van der Waals surface area contributed by atoms with E-state index in [1.54, 1.807) is 11.3 Å². The highest BCUT2D eigenvalue weighted by Gasteiger charge is 2.34. The van der Waals surface area contributed by atoms with Gasteiger partial charge in [0.25, 0.3) is 5.91 Å². The number of hydrogen-bond donors (Lipinski definition) is 0. The summed E-state index contributed by atoms with van der Waals surface area (Å²) in [6.07, 6.45) is 2.26. The van der Waals surface area contributed by atoms with E-state index in [4.69, 9.17) is 4.42 Å². The van der Waals surface area contributed by atoms with Gasteiger partial charge in [-0.15, -0.1) is 0 Å². The summed E-state index contributed by atoms with van der Waals surface area (Å²) < 4.78 is 5.51. The minimum atomic E-state index is -0.137. The standard InChI is InChI=1S/C22H20N2O2/c1-15-7-5-9-17(13-15)20-14-19(21-11-6-12-26-21)23-24(20)22(25)18-10-4-3-8-16(18)2/h3-13,20H,14H2,1-2H3/t20-/m0/s1. The number of aryl methyl sites for hydroxylation is 2. The molecule has 4 nitrogen and oxygen atoms in total. The van der Waals surface area contributed by atoms with E-state index in [0.29, 0.717) is 17.7 Å². The van der Waals surface area contributed by atoms with Gasteiger partial charge in [-0.25, -0.2) is 5.01 Å². The van der Waals surface area contributed by atoms with Gasteiger partial charge in [-0.2, -0.15) is 5.10 Å². The highest BCUT2D eigenvalue weighted by Crippen LogP contribution is 2.34. The van der Waals surface area contributed by atoms with Gasteiger partial charge in [0.05, 0.1) is 12.3 Å². The van der Waals surface area contributed by atoms with Gasteiger partial charge in [0.1, 0.15) is 11.5 Å². The summed E-state index contributed by atoms with van der Waals surface area (Å²) in [5.74, 6) is 0.624. The number of benzene rings is 2. The Morgan fingerprint density at radius 1 is 1.08 bits per heavy atom. The lowest BCUT2D eigenvalue weighted by atomic mass is 9.98. The van der Waals surface area contributed by atoms with Crippen molar-refractivity contribution in [1.82, 2.24) is 5.01 Å². The van der Waals surface area contributed by atoms with Gasteiger partial charge in [0.2, 0.25) is 0 Å². The lowest BCUT2D eigenvalue weighted by Gasteiger charge is -2.23. The molecule has 0 unspecified atom stereocenters. The molecule has 0 bridgehead atoms. The second kappa shape index (κ2) is 6.64. The maximum Gasteiger partial charge on any atom is 0.274 e. The molecule has 0 aliphatic carbocycles. The van der Waals surface area contributed by atoms with Crippen LogP contribution >= 0.6 is 0 Å². The van der Waals surface area contributed by atoms with Crippen molar-refractivity contribution >= 4 is 11.6 Å². The zero-order valence-electron chi connectivity index (χ0n) is 14.8. The van der Waals surface area contributed by atoms with Gasteiger partial charge in [0, 0.05) is 12.0 Å². The number of carbonyl (C=O) groups is 1. The Morgan fingerprint density at radius 2 is 1.92 bits per heavy atom. The zero-order valence-corrected chi connectivity index (χ0v) is 14.8. The lowest BCUT2D eigenvalue weighted by Crippen LogP contribution is -2.27. The Bertz CT molecular complexity index is 973. The predicted molar refractivity (Wildman–Crippen MR) is 101 cm³/mol. The zero-order chi connectivity index (χ0) is 18.1. The third-order valence-corrected chi connectivity index (χ3v) is 4.73. The third kappa shape index (κ3) is 2.94. The molecule has 1 atom stereocenters. The fraction of sp³-hybridized carbons (Fsp3) is 0.182. The van der Waals surface area contributed by atoms with Crippen LogP contribution in [0.15, 0.2) is 76.4 Å². The van der Waals surface area contributed by atoms with Crippen LogP contribution in [-0.4, -0.2) is 16.6 Å². The number of rotatable bonds is 3. The molecule has 4 rings (SSSR count). The quantitative estimate of drug-likeness (QED) is 0.679. The Hall–Kier alpha value is -3.14. The van der Waals surface area contributed by atoms with Crippen LogP contribution in [0.3, 0.4) is 0 Å². The molecule has 1 aliphatic rings. The summed E-state index contributed by atoms with van der Waals surface area (Å²) in [7, 11) is 0. The van der Waals surface area contributed by atoms with Crippen LogP contribution in [-0.2, 0) is 0 Å². The van der Waals surface area contributed by atoms with Crippen molar-refractivity contribution < 1.29 is 9.21 Å². The predicted octanol–water partition coefficient (Wildman–Crippen LogP) is 4.89. The molecule has 1 amide bonds. The van der Waals surface area contributed by atoms with E-state index in [-0.39, 0.29) is 11.9 Å². The highest BCUT2D eigenvalue weighted by atomic mass is 16.3. The van der Waals surface area contributed by atoms with E-state index < -0.39 is 0 Å². The Balaban J connectivity index is 1.76. The van der Waals surface area contributed by atoms with E-state index in [0.717, 1.165) is 22.4 Å². The first-order valence-corrected chi connectivity index (χ1v) is 8.70. The molecule has 2 aromatic carbocycles. The minimum absolute atomic E-state index is 0.0869. The maximum atomic E-state index is 13.2. The fourth-order valence-corrected chi connectivity index (χ4v) is 3.36. The first-order chi connectivity index (χ1) is 12.6. The van der Waals surface area contributed by atoms with Gasteiger partial charge < -0.3 is 4.42 Å². The van der Waals surface area contributed by atoms with Crippen LogP contribution in [0, 0.1) is 13.8 Å². The van der Waals surface area contributed by atoms with Crippen LogP contribution in [0.2, 0.25) is 0 Å². The number of hydrazone groups is 1. The number of amides is 1. The molecule has 0 saturated heterocycles. The van der Waals surface area contributed by atoms with Crippen molar-refractivity contribution in [3.63, 3.8) is 0 Å². The van der Waals surface area contributed by atoms with Gasteiger partial charge in [-0.3, -0.25) is 4.79 Å². The molecular formula is C22H20N2O2. The molecular weight excluding hydrogens is 324 g/mol. The highest BCUT2D eigenvalue weighted by molar-refractivity contribution is 6.03. The summed E-state index contributed by atoms with van der Waals surface area (Å²) >= 11 is 0. The SMILES string of the molecule is Cc1cccc([C@@H]2CC(c3ccco3)=NN2C(=O)c2ccccc2C)c1. The summed E-state index contributed by atoms with van der Waals surface area (Å²) in [5, 5.41) is 6.25. The fourth-order valence-electron chi connectivity index (χ4n) is 3.36. The molecule has 3 aromatic rings. The van der Waals surface area contributed by atoms with Crippen LogP contribution in [0.4, 0.5) is 0 Å². The van der Waals surface area contributed by atoms with Crippen molar-refractivity contribution in [3.05, 3.63) is 94.9 Å². The van der Waals surface area contributed by atoms with Crippen LogP contribution in [0.5, 0.6) is 0 Å². The number of furan rings is 1. The summed E-state index contributed by atoms with van der Waals surface area (Å²) in [6, 6.07) is 19.4. The van der Waals surface area contributed by atoms with E-state index in [2.05, 4.69) is 30.2 Å². The second-order valence-corrected chi connectivity index (χ2v) is 6.62. The molecule has 26 heavy (non-hydrogen) atoms. The number of hydrogen-bond acceptors (Lipinski definition) is 3. The van der Waals surface area contributed by atoms with Gasteiger partial charge in [-0.1, -0.05) is 48.0 Å². The van der Waals surface area contributed by atoms with E-state index in [1.807, 2.05) is 49.4 Å². The Labute approximate surface area is 152 Å². The molecule has 130 valence electrons. The molecule has 1 aliphatic heterocycles. The Morgan fingerprint density at radius 3 is 2.65 bits per heavy atom. The maximum absolute atomic E-state index is 13.2. The first-order valence-electron chi connectivity index (χ1n) is 8.70. The van der Waals surface area contributed by atoms with E-state index in [1.165, 1.54) is 0 Å². The normalized spacial score (nSPS) is 16.6. The van der Waals surface area contributed by atoms with Crippen LogP contribution in [0.1, 0.15) is 45.3 Å². The molecule has 4 heteroatoms. The van der Waals surface area contributed by atoms with E-state index in [9.17, 15) is 4.79 Å². The lowest BCUT2D eigenvalue weighted by molar-refractivity contribution is 0.0710. The van der Waals surface area contributed by atoms with Gasteiger partial charge in [-0.05, 0) is 43.2 Å². The largest absolute Gasteiger partial charge is 0.463 e. The van der Waals surface area contributed by atoms with E-state index >= 15 is 0 Å². The molecule has 0 spiro atoms. The van der Waals surface area contributed by atoms with Crippen LogP contribution < -0.4 is 0 Å². The average molecular weight is 344 g/mol. The van der Waals surface area contributed by atoms with Crippen LogP contribution in [0.25, 0.3) is 0 Å². The first kappa shape index (κ1) is 16.3. The number of carbonyl (C=O) groups excluding carboxylic acids is 1. The third-order valence-electron chi connectivity index (χ3n) is 4.73. The molecule has 0 saturated carbocycles. The average Bonchev–Trinajstić information content (AvgIpc) is 3.31. The van der Waals surface area contributed by atoms with Gasteiger partial charge in [0.15, 0.2) is 0 Å². The molecule has 0 fully saturated rings. The topological polar surface area (TPSA) is 45.8 Å². The van der Waals surface area contributed by atoms with Crippen molar-refractivity contribution in [3.8, 4) is 0 Å². The summed E-state index contributed by atoms with van der Waals surface area (Å²) in [5.41, 5.74) is 4.66. The minimum Gasteiger partial charge on any atom is -0.463 e. The van der Waals surface area contributed by atoms with Crippen molar-refractivity contribution in [2.75, 3.05) is 0 Å². The monoisotopic (exact) mass is 344 g/mol. The number of nitrogens with zero attached hydrogens (tertiary/aromatic N) is 2. The molecule has 0 N–H and O–H groups in total. The van der Waals surface area contributed by atoms with Crippen molar-refractivity contribution in [1.29, 1.82) is 0 Å². The molecule has 2 heterocycles. The van der Waals surface area contributed by atoms with Gasteiger partial charge >= 0.3 is 0 Å². The smallest absolute Gasteiger partial charge is 0.274 e. The Kier molecular flexibility index (Phi) is 4.17. The summed E-state index contributed by atoms with van der Waals surface area (Å²) in [6.45, 7) is 4.00. The van der Waals surface area contributed by atoms with Crippen molar-refractivity contribution in [2.45, 2.75) is 26.3 Å². The molecule has 1 aromatic heterocycles. The van der Waals surface area contributed by atoms with Crippen molar-refractivity contribution in [2.24, 2.45) is 5.10 Å².